The highest BCUT2D eigenvalue weighted by molar-refractivity contribution is 8.02. The number of anilines is 1. The Labute approximate surface area is 169 Å². The lowest BCUT2D eigenvalue weighted by Crippen LogP contribution is -2.22. The maximum atomic E-state index is 12.5. The van der Waals surface area contributed by atoms with Crippen LogP contribution in [0, 0.1) is 10.1 Å². The van der Waals surface area contributed by atoms with Gasteiger partial charge < -0.3 is 10.1 Å². The molecule has 1 N–H and O–H groups in total. The first-order chi connectivity index (χ1) is 13.5. The summed E-state index contributed by atoms with van der Waals surface area (Å²) >= 11 is 2.84. The van der Waals surface area contributed by atoms with Gasteiger partial charge in [-0.3, -0.25) is 14.9 Å². The number of hydrogen-bond acceptors (Lipinski definition) is 7. The van der Waals surface area contributed by atoms with Crippen LogP contribution in [-0.2, 0) is 4.79 Å². The zero-order chi connectivity index (χ0) is 20.1. The van der Waals surface area contributed by atoms with Crippen LogP contribution >= 0.6 is 23.1 Å². The molecule has 1 aromatic heterocycles. The van der Waals surface area contributed by atoms with Gasteiger partial charge in [0, 0.05) is 17.0 Å². The number of non-ortho nitro benzene ring substituents is 1. The minimum Gasteiger partial charge on any atom is -0.494 e. The summed E-state index contributed by atoms with van der Waals surface area (Å²) in [6.45, 7) is 1.78. The van der Waals surface area contributed by atoms with Gasteiger partial charge in [0.1, 0.15) is 5.75 Å². The Hall–Kier alpha value is -2.91. The van der Waals surface area contributed by atoms with Crippen molar-refractivity contribution in [1.82, 2.24) is 4.98 Å². The summed E-state index contributed by atoms with van der Waals surface area (Å²) in [5, 5.41) is 15.2. The van der Waals surface area contributed by atoms with Crippen LogP contribution in [-0.4, -0.2) is 28.2 Å². The molecule has 0 radical (unpaired) electrons. The molecule has 0 aliphatic carbocycles. The second-order valence-corrected chi connectivity index (χ2v) is 8.20. The Morgan fingerprint density at radius 3 is 2.71 bits per heavy atom. The van der Waals surface area contributed by atoms with Crippen molar-refractivity contribution < 1.29 is 14.5 Å². The van der Waals surface area contributed by atoms with E-state index in [-0.39, 0.29) is 17.3 Å². The van der Waals surface area contributed by atoms with Crippen LogP contribution in [0.25, 0.3) is 11.3 Å². The van der Waals surface area contributed by atoms with Crippen molar-refractivity contribution >= 4 is 40.4 Å². The van der Waals surface area contributed by atoms with E-state index in [2.05, 4.69) is 10.3 Å². The molecule has 144 valence electrons. The van der Waals surface area contributed by atoms with Crippen LogP contribution in [0.4, 0.5) is 11.4 Å². The number of aromatic nitrogens is 1. The van der Waals surface area contributed by atoms with Gasteiger partial charge in [-0.25, -0.2) is 4.98 Å². The molecule has 0 unspecified atom stereocenters. The Kier molecular flexibility index (Phi) is 6.27. The third-order valence-electron chi connectivity index (χ3n) is 3.85. The summed E-state index contributed by atoms with van der Waals surface area (Å²) in [5.41, 5.74) is 2.18. The van der Waals surface area contributed by atoms with Gasteiger partial charge in [0.05, 0.1) is 34.7 Å². The Balaban J connectivity index is 1.67. The van der Waals surface area contributed by atoms with Crippen molar-refractivity contribution in [3.8, 4) is 17.0 Å². The van der Waals surface area contributed by atoms with Gasteiger partial charge >= 0.3 is 0 Å². The Morgan fingerprint density at radius 2 is 2.04 bits per heavy atom. The zero-order valence-electron chi connectivity index (χ0n) is 15.1. The van der Waals surface area contributed by atoms with E-state index in [1.807, 2.05) is 35.7 Å². The number of carbonyl (C=O) groups is 1. The molecule has 2 aromatic carbocycles. The van der Waals surface area contributed by atoms with Crippen molar-refractivity contribution in [2.24, 2.45) is 0 Å². The fourth-order valence-electron chi connectivity index (χ4n) is 2.39. The summed E-state index contributed by atoms with van der Waals surface area (Å²) in [7, 11) is 1.40. The van der Waals surface area contributed by atoms with Gasteiger partial charge in [-0.1, -0.05) is 42.1 Å². The number of carbonyl (C=O) groups excluding carboxylic acids is 1. The number of nitro benzene ring substituents is 1. The first-order valence-electron chi connectivity index (χ1n) is 8.29. The van der Waals surface area contributed by atoms with E-state index < -0.39 is 10.2 Å². The lowest BCUT2D eigenvalue weighted by molar-refractivity contribution is -0.384. The average molecular weight is 415 g/mol. The van der Waals surface area contributed by atoms with Crippen molar-refractivity contribution in [2.45, 2.75) is 16.5 Å². The second kappa shape index (κ2) is 8.85. The number of methoxy groups -OCH3 is 1. The van der Waals surface area contributed by atoms with E-state index in [0.29, 0.717) is 5.69 Å². The maximum Gasteiger partial charge on any atom is 0.273 e. The number of ether oxygens (including phenoxy) is 1. The fraction of sp³-hybridized carbons (Fsp3) is 0.158. The normalized spacial score (nSPS) is 11.6. The molecular weight excluding hydrogens is 398 g/mol. The number of benzene rings is 2. The van der Waals surface area contributed by atoms with E-state index in [9.17, 15) is 14.9 Å². The molecule has 0 fully saturated rings. The highest BCUT2D eigenvalue weighted by atomic mass is 32.2. The smallest absolute Gasteiger partial charge is 0.273 e. The lowest BCUT2D eigenvalue weighted by atomic mass is 10.2. The van der Waals surface area contributed by atoms with Crippen molar-refractivity contribution in [2.75, 3.05) is 12.4 Å². The standard InChI is InChI=1S/C19H17N3O4S2/c1-12(28-19-21-16(11-27-19)13-6-4-3-5-7-13)18(23)20-15-9-8-14(22(24)25)10-17(15)26-2/h3-12H,1-2H3,(H,20,23)/t12-/m1/s1. The molecule has 9 heteroatoms. The molecule has 28 heavy (non-hydrogen) atoms. The number of thiazole rings is 1. The minimum absolute atomic E-state index is 0.103. The topological polar surface area (TPSA) is 94.4 Å². The molecule has 7 nitrogen and oxygen atoms in total. The van der Waals surface area contributed by atoms with E-state index in [0.717, 1.165) is 15.6 Å². The number of nitrogens with zero attached hydrogens (tertiary/aromatic N) is 2. The van der Waals surface area contributed by atoms with E-state index in [1.54, 1.807) is 6.92 Å². The zero-order valence-corrected chi connectivity index (χ0v) is 16.8. The number of nitro groups is 1. The molecule has 0 aliphatic rings. The number of amides is 1. The third kappa shape index (κ3) is 4.68. The largest absolute Gasteiger partial charge is 0.494 e. The molecule has 0 spiro atoms. The molecule has 1 amide bonds. The average Bonchev–Trinajstić information content (AvgIpc) is 3.17. The number of thioether (sulfide) groups is 1. The van der Waals surface area contributed by atoms with Crippen molar-refractivity contribution in [3.05, 3.63) is 64.0 Å². The Bertz CT molecular complexity index is 992. The van der Waals surface area contributed by atoms with Crippen LogP contribution in [0.5, 0.6) is 5.75 Å². The summed E-state index contributed by atoms with van der Waals surface area (Å²) in [4.78, 5) is 27.5. The van der Waals surface area contributed by atoms with Crippen molar-refractivity contribution in [3.63, 3.8) is 0 Å². The predicted molar refractivity (Wildman–Crippen MR) is 111 cm³/mol. The van der Waals surface area contributed by atoms with E-state index in [1.165, 1.54) is 48.4 Å². The highest BCUT2D eigenvalue weighted by Gasteiger charge is 2.19. The van der Waals surface area contributed by atoms with Crippen LogP contribution in [0.3, 0.4) is 0 Å². The predicted octanol–water partition coefficient (Wildman–Crippen LogP) is 4.85. The first-order valence-corrected chi connectivity index (χ1v) is 10.0. The first kappa shape index (κ1) is 19.8. The lowest BCUT2D eigenvalue weighted by Gasteiger charge is -2.13. The monoisotopic (exact) mass is 415 g/mol. The van der Waals surface area contributed by atoms with Crippen LogP contribution in [0.2, 0.25) is 0 Å². The molecule has 3 rings (SSSR count). The molecule has 1 atom stereocenters. The quantitative estimate of drug-likeness (QED) is 0.337. The SMILES string of the molecule is COc1cc([N+](=O)[O-])ccc1NC(=O)[C@@H](C)Sc1nc(-c2ccccc2)cs1. The van der Waals surface area contributed by atoms with Crippen LogP contribution < -0.4 is 10.1 Å². The Morgan fingerprint density at radius 1 is 1.29 bits per heavy atom. The summed E-state index contributed by atoms with van der Waals surface area (Å²) in [6.07, 6.45) is 0. The van der Waals surface area contributed by atoms with Gasteiger partial charge in [0.2, 0.25) is 5.91 Å². The van der Waals surface area contributed by atoms with Crippen molar-refractivity contribution in [1.29, 1.82) is 0 Å². The van der Waals surface area contributed by atoms with Gasteiger partial charge in [-0.05, 0) is 13.0 Å². The molecule has 0 bridgehead atoms. The number of nitrogens with one attached hydrogen (secondary N) is 1. The van der Waals surface area contributed by atoms with Crippen LogP contribution in [0.1, 0.15) is 6.92 Å². The second-order valence-electron chi connectivity index (χ2n) is 5.76. The molecule has 1 heterocycles. The minimum atomic E-state index is -0.515. The third-order valence-corrected chi connectivity index (χ3v) is 5.93. The van der Waals surface area contributed by atoms with E-state index in [4.69, 9.17) is 4.74 Å². The molecule has 0 aliphatic heterocycles. The summed E-state index contributed by atoms with van der Waals surface area (Å²) < 4.78 is 5.94. The van der Waals surface area contributed by atoms with Gasteiger partial charge in [-0.15, -0.1) is 11.3 Å². The molecule has 0 saturated heterocycles. The van der Waals surface area contributed by atoms with Crippen LogP contribution in [0.15, 0.2) is 58.3 Å². The number of rotatable bonds is 7. The van der Waals surface area contributed by atoms with Gasteiger partial charge in [0.25, 0.3) is 5.69 Å². The summed E-state index contributed by atoms with van der Waals surface area (Å²) in [5.74, 6) is -0.00558. The molecule has 3 aromatic rings. The maximum absolute atomic E-state index is 12.5. The fourth-order valence-corrected chi connectivity index (χ4v) is 4.36. The highest BCUT2D eigenvalue weighted by Crippen LogP contribution is 2.33. The summed E-state index contributed by atoms with van der Waals surface area (Å²) in [6, 6.07) is 13.9. The number of hydrogen-bond donors (Lipinski definition) is 1. The van der Waals surface area contributed by atoms with Gasteiger partial charge in [-0.2, -0.15) is 0 Å². The van der Waals surface area contributed by atoms with E-state index >= 15 is 0 Å². The molecule has 0 saturated carbocycles. The molecular formula is C19H17N3O4S2. The van der Waals surface area contributed by atoms with Gasteiger partial charge in [0.15, 0.2) is 4.34 Å².